The van der Waals surface area contributed by atoms with Crippen molar-refractivity contribution in [2.75, 3.05) is 19.8 Å². The summed E-state index contributed by atoms with van der Waals surface area (Å²) in [6, 6.07) is 7.78. The highest BCUT2D eigenvalue weighted by molar-refractivity contribution is 5.85. The van der Waals surface area contributed by atoms with Crippen LogP contribution in [0.4, 0.5) is 0 Å². The quantitative estimate of drug-likeness (QED) is 0.878. The number of fused-ring (bicyclic) bond motifs is 1. The van der Waals surface area contributed by atoms with Gasteiger partial charge in [0.1, 0.15) is 29.2 Å². The van der Waals surface area contributed by atoms with Crippen LogP contribution in [0, 0.1) is 6.92 Å². The van der Waals surface area contributed by atoms with Crippen LogP contribution < -0.4 is 10.5 Å². The summed E-state index contributed by atoms with van der Waals surface area (Å²) in [5.74, 6) is 1.31. The minimum absolute atomic E-state index is 0.0101. The molecule has 1 aromatic carbocycles. The van der Waals surface area contributed by atoms with Crippen molar-refractivity contribution in [3.05, 3.63) is 54.0 Å². The van der Waals surface area contributed by atoms with E-state index in [4.69, 9.17) is 19.6 Å². The molecule has 2 aliphatic rings. The van der Waals surface area contributed by atoms with Gasteiger partial charge in [-0.25, -0.2) is 0 Å². The van der Waals surface area contributed by atoms with E-state index in [2.05, 4.69) is 6.92 Å². The number of benzene rings is 1. The van der Waals surface area contributed by atoms with Gasteiger partial charge in [-0.15, -0.1) is 0 Å². The van der Waals surface area contributed by atoms with Crippen molar-refractivity contribution in [2.24, 2.45) is 5.73 Å². The highest BCUT2D eigenvalue weighted by Crippen LogP contribution is 2.33. The van der Waals surface area contributed by atoms with Crippen molar-refractivity contribution in [3.8, 4) is 5.75 Å². The summed E-state index contributed by atoms with van der Waals surface area (Å²) >= 11 is 0. The fraction of sp³-hybridized carbons (Fsp3) is 0.381. The van der Waals surface area contributed by atoms with Crippen molar-refractivity contribution in [3.63, 3.8) is 0 Å². The monoisotopic (exact) mass is 368 g/mol. The lowest BCUT2D eigenvalue weighted by molar-refractivity contribution is -0.129. The lowest BCUT2D eigenvalue weighted by Crippen LogP contribution is -2.59. The van der Waals surface area contributed by atoms with E-state index in [1.54, 1.807) is 0 Å². The molecule has 1 aromatic heterocycles. The summed E-state index contributed by atoms with van der Waals surface area (Å²) in [5, 5.41) is 1.02. The smallest absolute Gasteiger partial charge is 0.245 e. The molecular weight excluding hydrogens is 344 g/mol. The first-order valence-electron chi connectivity index (χ1n) is 9.16. The molecule has 2 aliphatic heterocycles. The van der Waals surface area contributed by atoms with Gasteiger partial charge in [-0.3, -0.25) is 4.79 Å². The molecule has 1 fully saturated rings. The highest BCUT2D eigenvalue weighted by Gasteiger charge is 2.47. The average Bonchev–Trinajstić information content (AvgIpc) is 3.27. The van der Waals surface area contributed by atoms with Gasteiger partial charge >= 0.3 is 0 Å². The Morgan fingerprint density at radius 3 is 3.00 bits per heavy atom. The summed E-state index contributed by atoms with van der Waals surface area (Å²) in [6.07, 6.45) is 6.49. The minimum atomic E-state index is -0.789. The van der Waals surface area contributed by atoms with Crippen molar-refractivity contribution in [1.29, 1.82) is 0 Å². The van der Waals surface area contributed by atoms with Crippen molar-refractivity contribution < 1.29 is 18.7 Å². The number of aryl methyl sites for hydroxylation is 1. The summed E-state index contributed by atoms with van der Waals surface area (Å²) in [6.45, 7) is 5.28. The Labute approximate surface area is 158 Å². The number of nitrogens with two attached hydrogens (primary N) is 1. The summed E-state index contributed by atoms with van der Waals surface area (Å²) < 4.78 is 17.1. The topological polar surface area (TPSA) is 77.9 Å². The van der Waals surface area contributed by atoms with Crippen molar-refractivity contribution in [1.82, 2.24) is 4.90 Å². The summed E-state index contributed by atoms with van der Waals surface area (Å²) in [7, 11) is 0. The Hall–Kier alpha value is -2.73. The van der Waals surface area contributed by atoms with Crippen LogP contribution in [0.15, 0.2) is 52.6 Å². The third kappa shape index (κ3) is 3.10. The first-order chi connectivity index (χ1) is 13.0. The molecule has 2 unspecified atom stereocenters. The molecule has 0 aliphatic carbocycles. The van der Waals surface area contributed by atoms with E-state index < -0.39 is 5.54 Å². The molecule has 0 spiro atoms. The number of amides is 1. The van der Waals surface area contributed by atoms with Crippen molar-refractivity contribution in [2.45, 2.75) is 31.8 Å². The number of furan rings is 1. The molecule has 6 heteroatoms. The molecule has 2 atom stereocenters. The second kappa shape index (κ2) is 6.78. The molecule has 6 nitrogen and oxygen atoms in total. The van der Waals surface area contributed by atoms with Crippen LogP contribution in [0.5, 0.6) is 5.75 Å². The van der Waals surface area contributed by atoms with Crippen LogP contribution in [0.2, 0.25) is 0 Å². The SMILES string of the molecule is Cc1cc2cc(OCC3=CC=CN(C4(C(N)=O)CCOC4)C3C)ccc2o1. The Balaban J connectivity index is 1.49. The van der Waals surface area contributed by atoms with E-state index in [9.17, 15) is 4.79 Å². The summed E-state index contributed by atoms with van der Waals surface area (Å²) in [4.78, 5) is 14.2. The molecule has 3 heterocycles. The van der Waals surface area contributed by atoms with Gasteiger partial charge in [-0.2, -0.15) is 0 Å². The van der Waals surface area contributed by atoms with Crippen LogP contribution in [0.25, 0.3) is 11.0 Å². The van der Waals surface area contributed by atoms with E-state index in [1.807, 2.05) is 54.4 Å². The number of ether oxygens (including phenoxy) is 2. The zero-order chi connectivity index (χ0) is 19.0. The Morgan fingerprint density at radius 2 is 2.26 bits per heavy atom. The highest BCUT2D eigenvalue weighted by atomic mass is 16.5. The lowest BCUT2D eigenvalue weighted by atomic mass is 9.90. The fourth-order valence-corrected chi connectivity index (χ4v) is 3.88. The molecule has 2 aromatic rings. The first-order valence-corrected chi connectivity index (χ1v) is 9.16. The molecule has 4 rings (SSSR count). The molecule has 0 saturated carbocycles. The van der Waals surface area contributed by atoms with Crippen LogP contribution in [0.1, 0.15) is 19.1 Å². The van der Waals surface area contributed by atoms with E-state index in [-0.39, 0.29) is 11.9 Å². The van der Waals surface area contributed by atoms with E-state index in [0.29, 0.717) is 26.2 Å². The molecule has 27 heavy (non-hydrogen) atoms. The molecule has 0 bridgehead atoms. The standard InChI is InChI=1S/C21H24N2O4/c1-14-10-17-11-18(5-6-19(17)27-14)26-12-16-4-3-8-23(15(16)2)21(20(22)24)7-9-25-13-21/h3-6,8,10-11,15H,7,9,12-13H2,1-2H3,(H2,22,24). The van der Waals surface area contributed by atoms with Gasteiger partial charge in [0, 0.05) is 24.6 Å². The second-order valence-electron chi connectivity index (χ2n) is 7.21. The number of carbonyl (C=O) groups is 1. The molecule has 2 N–H and O–H groups in total. The number of hydrogen-bond acceptors (Lipinski definition) is 5. The van der Waals surface area contributed by atoms with Gasteiger partial charge < -0.3 is 24.5 Å². The number of allylic oxidation sites excluding steroid dienone is 2. The molecule has 142 valence electrons. The normalized spacial score (nSPS) is 25.0. The molecule has 1 amide bonds. The maximum absolute atomic E-state index is 12.2. The van der Waals surface area contributed by atoms with Crippen LogP contribution >= 0.6 is 0 Å². The van der Waals surface area contributed by atoms with E-state index in [1.165, 1.54) is 0 Å². The molecule has 0 radical (unpaired) electrons. The first kappa shape index (κ1) is 17.7. The maximum atomic E-state index is 12.2. The average molecular weight is 368 g/mol. The third-order valence-electron chi connectivity index (χ3n) is 5.48. The Morgan fingerprint density at radius 1 is 1.41 bits per heavy atom. The fourth-order valence-electron chi connectivity index (χ4n) is 3.88. The van der Waals surface area contributed by atoms with Gasteiger partial charge in [-0.05, 0) is 49.8 Å². The molecular formula is C21H24N2O4. The third-order valence-corrected chi connectivity index (χ3v) is 5.48. The molecule has 1 saturated heterocycles. The van der Waals surface area contributed by atoms with E-state index >= 15 is 0 Å². The maximum Gasteiger partial charge on any atom is 0.245 e. The van der Waals surface area contributed by atoms with Crippen molar-refractivity contribution >= 4 is 16.9 Å². The zero-order valence-electron chi connectivity index (χ0n) is 15.6. The van der Waals surface area contributed by atoms with Gasteiger partial charge in [0.15, 0.2) is 0 Å². The minimum Gasteiger partial charge on any atom is -0.489 e. The lowest BCUT2D eigenvalue weighted by Gasteiger charge is -2.43. The number of primary amides is 1. The van der Waals surface area contributed by atoms with E-state index in [0.717, 1.165) is 28.1 Å². The van der Waals surface area contributed by atoms with Gasteiger partial charge in [0.05, 0.1) is 12.6 Å². The van der Waals surface area contributed by atoms with Crippen LogP contribution in [-0.2, 0) is 9.53 Å². The van der Waals surface area contributed by atoms with Gasteiger partial charge in [0.25, 0.3) is 0 Å². The predicted octanol–water partition coefficient (Wildman–Crippen LogP) is 2.91. The number of nitrogens with zero attached hydrogens (tertiary/aromatic N) is 1. The largest absolute Gasteiger partial charge is 0.489 e. The van der Waals surface area contributed by atoms with Gasteiger partial charge in [0.2, 0.25) is 5.91 Å². The Kier molecular flexibility index (Phi) is 4.44. The van der Waals surface area contributed by atoms with Crippen LogP contribution in [0.3, 0.4) is 0 Å². The number of carbonyl (C=O) groups excluding carboxylic acids is 1. The summed E-state index contributed by atoms with van der Waals surface area (Å²) in [5.41, 5.74) is 6.88. The van der Waals surface area contributed by atoms with Gasteiger partial charge in [-0.1, -0.05) is 6.08 Å². The predicted molar refractivity (Wildman–Crippen MR) is 102 cm³/mol. The number of rotatable bonds is 5. The second-order valence-corrected chi connectivity index (χ2v) is 7.21. The van der Waals surface area contributed by atoms with Crippen LogP contribution in [-0.4, -0.2) is 42.2 Å². The number of hydrogen-bond donors (Lipinski definition) is 1. The zero-order valence-corrected chi connectivity index (χ0v) is 15.6. The Bertz CT molecular complexity index is 921.